The molecule has 0 aliphatic rings. The number of carbonyl (C=O) groups is 1. The van der Waals surface area contributed by atoms with Crippen molar-refractivity contribution in [1.29, 1.82) is 0 Å². The minimum absolute atomic E-state index is 0.143. The molecular weight excluding hydrogens is 198 g/mol. The van der Waals surface area contributed by atoms with Gasteiger partial charge in [0.25, 0.3) is 0 Å². The zero-order valence-electron chi connectivity index (χ0n) is 8.40. The molecule has 0 fully saturated rings. The third-order valence-electron chi connectivity index (χ3n) is 2.20. The molecule has 14 heavy (non-hydrogen) atoms. The molecule has 1 aromatic rings. The van der Waals surface area contributed by atoms with Gasteiger partial charge in [-0.3, -0.25) is 0 Å². The first-order valence-corrected chi connectivity index (χ1v) is 4.88. The van der Waals surface area contributed by atoms with Crippen LogP contribution in [0.15, 0.2) is 24.3 Å². The van der Waals surface area contributed by atoms with E-state index in [0.29, 0.717) is 6.42 Å². The topological polar surface area (TPSA) is 20.3 Å². The van der Waals surface area contributed by atoms with E-state index in [4.69, 9.17) is 11.6 Å². The van der Waals surface area contributed by atoms with Gasteiger partial charge in [0.2, 0.25) is 0 Å². The van der Waals surface area contributed by atoms with E-state index in [-0.39, 0.29) is 6.04 Å². The van der Waals surface area contributed by atoms with Gasteiger partial charge >= 0.3 is 0 Å². The second-order valence-corrected chi connectivity index (χ2v) is 3.87. The standard InChI is InChI=1S/C11H14ClNO/c1-13(2)11(7-8-14)9-3-5-10(12)6-4-9/h3-6,8,11H,7H2,1-2H3. The Hall–Kier alpha value is -0.860. The first-order valence-electron chi connectivity index (χ1n) is 4.50. The van der Waals surface area contributed by atoms with Crippen LogP contribution in [0.3, 0.4) is 0 Å². The Balaban J connectivity index is 2.87. The van der Waals surface area contributed by atoms with Crippen LogP contribution in [-0.4, -0.2) is 25.3 Å². The molecule has 0 radical (unpaired) electrons. The average molecular weight is 212 g/mol. The second-order valence-electron chi connectivity index (χ2n) is 3.43. The molecule has 76 valence electrons. The molecule has 0 aromatic heterocycles. The molecule has 2 nitrogen and oxygen atoms in total. The first-order chi connectivity index (χ1) is 6.65. The van der Waals surface area contributed by atoms with Crippen molar-refractivity contribution in [2.75, 3.05) is 14.1 Å². The van der Waals surface area contributed by atoms with Crippen molar-refractivity contribution in [3.63, 3.8) is 0 Å². The van der Waals surface area contributed by atoms with Crippen LogP contribution in [0.4, 0.5) is 0 Å². The summed E-state index contributed by atoms with van der Waals surface area (Å²) in [7, 11) is 3.92. The Bertz CT molecular complexity index is 295. The van der Waals surface area contributed by atoms with E-state index in [1.54, 1.807) is 0 Å². The van der Waals surface area contributed by atoms with E-state index in [1.165, 1.54) is 0 Å². The van der Waals surface area contributed by atoms with Crippen LogP contribution in [0.2, 0.25) is 5.02 Å². The summed E-state index contributed by atoms with van der Waals surface area (Å²) in [6.07, 6.45) is 1.45. The van der Waals surface area contributed by atoms with Crippen molar-refractivity contribution in [2.24, 2.45) is 0 Å². The summed E-state index contributed by atoms with van der Waals surface area (Å²) in [6.45, 7) is 0. The van der Waals surface area contributed by atoms with Crippen LogP contribution in [-0.2, 0) is 4.79 Å². The summed E-state index contributed by atoms with van der Waals surface area (Å²) in [6, 6.07) is 7.74. The van der Waals surface area contributed by atoms with Gasteiger partial charge in [-0.25, -0.2) is 0 Å². The highest BCUT2D eigenvalue weighted by Crippen LogP contribution is 2.22. The Morgan fingerprint density at radius 1 is 1.36 bits per heavy atom. The van der Waals surface area contributed by atoms with Crippen LogP contribution >= 0.6 is 11.6 Å². The Morgan fingerprint density at radius 2 is 1.93 bits per heavy atom. The van der Waals surface area contributed by atoms with E-state index in [9.17, 15) is 4.79 Å². The van der Waals surface area contributed by atoms with Gasteiger partial charge in [-0.15, -0.1) is 0 Å². The zero-order valence-corrected chi connectivity index (χ0v) is 9.16. The molecule has 0 spiro atoms. The Labute approximate surface area is 89.5 Å². The van der Waals surface area contributed by atoms with E-state index in [1.807, 2.05) is 43.3 Å². The molecule has 0 aliphatic heterocycles. The van der Waals surface area contributed by atoms with Gasteiger partial charge in [-0.1, -0.05) is 23.7 Å². The summed E-state index contributed by atoms with van der Waals surface area (Å²) in [5, 5.41) is 0.720. The van der Waals surface area contributed by atoms with Gasteiger partial charge in [-0.05, 0) is 31.8 Å². The molecule has 0 heterocycles. The van der Waals surface area contributed by atoms with E-state index in [0.717, 1.165) is 16.9 Å². The number of carbonyl (C=O) groups excluding carboxylic acids is 1. The van der Waals surface area contributed by atoms with Crippen LogP contribution in [0.25, 0.3) is 0 Å². The zero-order chi connectivity index (χ0) is 10.6. The van der Waals surface area contributed by atoms with Crippen molar-refractivity contribution >= 4 is 17.9 Å². The fourth-order valence-corrected chi connectivity index (χ4v) is 1.55. The third kappa shape index (κ3) is 2.82. The summed E-state index contributed by atoms with van der Waals surface area (Å²) >= 11 is 5.79. The Morgan fingerprint density at radius 3 is 2.36 bits per heavy atom. The lowest BCUT2D eigenvalue weighted by atomic mass is 10.0. The fourth-order valence-electron chi connectivity index (χ4n) is 1.42. The highest BCUT2D eigenvalue weighted by molar-refractivity contribution is 6.30. The van der Waals surface area contributed by atoms with Crippen molar-refractivity contribution in [3.8, 4) is 0 Å². The Kier molecular flexibility index (Phi) is 4.11. The summed E-state index contributed by atoms with van der Waals surface area (Å²) < 4.78 is 0. The smallest absolute Gasteiger partial charge is 0.121 e. The average Bonchev–Trinajstić information content (AvgIpc) is 2.15. The third-order valence-corrected chi connectivity index (χ3v) is 2.45. The number of nitrogens with zero attached hydrogens (tertiary/aromatic N) is 1. The predicted molar refractivity (Wildman–Crippen MR) is 58.6 cm³/mol. The SMILES string of the molecule is CN(C)C(CC=O)c1ccc(Cl)cc1. The van der Waals surface area contributed by atoms with Gasteiger partial charge in [0.15, 0.2) is 0 Å². The van der Waals surface area contributed by atoms with E-state index in [2.05, 4.69) is 0 Å². The largest absolute Gasteiger partial charge is 0.303 e. The molecule has 0 amide bonds. The predicted octanol–water partition coefficient (Wildman–Crippen LogP) is 2.53. The van der Waals surface area contributed by atoms with Gasteiger partial charge in [0.1, 0.15) is 6.29 Å². The monoisotopic (exact) mass is 211 g/mol. The van der Waals surface area contributed by atoms with Gasteiger partial charge in [-0.2, -0.15) is 0 Å². The van der Waals surface area contributed by atoms with Crippen LogP contribution < -0.4 is 0 Å². The summed E-state index contributed by atoms with van der Waals surface area (Å²) in [5.74, 6) is 0. The van der Waals surface area contributed by atoms with Crippen LogP contribution in [0.1, 0.15) is 18.0 Å². The highest BCUT2D eigenvalue weighted by Gasteiger charge is 2.12. The van der Waals surface area contributed by atoms with Gasteiger partial charge in [0.05, 0.1) is 0 Å². The van der Waals surface area contributed by atoms with Crippen molar-refractivity contribution in [3.05, 3.63) is 34.9 Å². The summed E-state index contributed by atoms with van der Waals surface area (Å²) in [5.41, 5.74) is 1.12. The van der Waals surface area contributed by atoms with E-state index < -0.39 is 0 Å². The quantitative estimate of drug-likeness (QED) is 0.714. The van der Waals surface area contributed by atoms with Gasteiger partial charge in [0, 0.05) is 17.5 Å². The molecule has 1 atom stereocenters. The number of hydrogen-bond acceptors (Lipinski definition) is 2. The number of benzene rings is 1. The minimum atomic E-state index is 0.143. The summed E-state index contributed by atoms with van der Waals surface area (Å²) in [4.78, 5) is 12.5. The number of aldehydes is 1. The molecule has 0 aliphatic carbocycles. The van der Waals surface area contributed by atoms with Crippen LogP contribution in [0.5, 0.6) is 0 Å². The molecule has 3 heteroatoms. The maximum atomic E-state index is 10.5. The molecule has 1 unspecified atom stereocenters. The fraction of sp³-hybridized carbons (Fsp3) is 0.364. The lowest BCUT2D eigenvalue weighted by Gasteiger charge is -2.22. The molecule has 0 saturated carbocycles. The van der Waals surface area contributed by atoms with Crippen LogP contribution in [0, 0.1) is 0 Å². The van der Waals surface area contributed by atoms with Gasteiger partial charge < -0.3 is 9.69 Å². The molecule has 0 saturated heterocycles. The number of rotatable bonds is 4. The lowest BCUT2D eigenvalue weighted by molar-refractivity contribution is -0.108. The maximum absolute atomic E-state index is 10.5. The minimum Gasteiger partial charge on any atom is -0.303 e. The molecule has 0 N–H and O–H groups in total. The number of halogens is 1. The van der Waals surface area contributed by atoms with Crippen molar-refractivity contribution in [1.82, 2.24) is 4.90 Å². The maximum Gasteiger partial charge on any atom is 0.121 e. The van der Waals surface area contributed by atoms with E-state index >= 15 is 0 Å². The van der Waals surface area contributed by atoms with Crippen molar-refractivity contribution in [2.45, 2.75) is 12.5 Å². The normalized spacial score (nSPS) is 12.9. The molecular formula is C11H14ClNO. The second kappa shape index (κ2) is 5.13. The molecule has 1 rings (SSSR count). The first kappa shape index (κ1) is 11.2. The van der Waals surface area contributed by atoms with Crippen molar-refractivity contribution < 1.29 is 4.79 Å². The molecule has 1 aromatic carbocycles. The number of hydrogen-bond donors (Lipinski definition) is 0. The lowest BCUT2D eigenvalue weighted by Crippen LogP contribution is -2.20. The molecule has 0 bridgehead atoms. The highest BCUT2D eigenvalue weighted by atomic mass is 35.5.